The molecule has 0 unspecified atom stereocenters. The summed E-state index contributed by atoms with van der Waals surface area (Å²) in [4.78, 5) is -5.08. The van der Waals surface area contributed by atoms with Crippen LogP contribution in [0.15, 0.2) is 189 Å². The van der Waals surface area contributed by atoms with E-state index in [9.17, 15) is 67.2 Å². The maximum Gasteiger partial charge on any atom is 0.297 e. The molecule has 0 bridgehead atoms. The monoisotopic (exact) mass is 1400 g/mol. The Balaban J connectivity index is 1.19. The Bertz CT molecular complexity index is 4990. The van der Waals surface area contributed by atoms with Gasteiger partial charge in [-0.3, -0.25) is 18.2 Å². The van der Waals surface area contributed by atoms with Gasteiger partial charge in [-0.15, -0.1) is 58.2 Å². The first-order valence-electron chi connectivity index (χ1n) is 23.2. The second kappa shape index (κ2) is 27.3. The predicted molar refractivity (Wildman–Crippen MR) is 310 cm³/mol. The Hall–Kier alpha value is -7.82. The van der Waals surface area contributed by atoms with Gasteiger partial charge in [0.15, 0.2) is 17.2 Å². The minimum Gasteiger partial charge on any atom is -0.505 e. The summed E-state index contributed by atoms with van der Waals surface area (Å²) in [7, 11) is -22.1. The zero-order chi connectivity index (χ0) is 65.0. The average Bonchev–Trinajstić information content (AvgIpc) is 0.783. The summed E-state index contributed by atoms with van der Waals surface area (Å²) in [6.07, 6.45) is 0. The van der Waals surface area contributed by atoms with Crippen molar-refractivity contribution in [3.05, 3.63) is 109 Å². The fourth-order valence-electron chi connectivity index (χ4n) is 8.45. The van der Waals surface area contributed by atoms with Gasteiger partial charge >= 0.3 is 0 Å². The van der Waals surface area contributed by atoms with Gasteiger partial charge in [0, 0.05) is 26.4 Å². The number of nitrogens with two attached hydrogens (primary N) is 1. The van der Waals surface area contributed by atoms with Crippen molar-refractivity contribution < 1.29 is 126 Å². The number of benzene rings is 9. The molecule has 0 aliphatic rings. The standard InChI is InChI=1S/C46H31N9O27S8/c47-38-37-20(16-35(88(66,67)68)42(45(37)58)55-50-28-10-9-23-25(46(28)90(72,73)74)18-36(89(69,70)71)41(43(23)56)54-49-27-7-3-4-8-31(27)84-80-76-60)14-32(85-81-77-61)39(38)52-51-29-17-24-19(15-34(29)87(63,64)65)13-33(86-82-78-62)40(44(24)57)53-48-26-11-12-30(83-79-75-59)22-6-2-1-5-21(22)26/h1-18,56-62H,47H2,(H,63,64,65)(H,66,67,68)(H,69,70,71)(H,72,73,74). The van der Waals surface area contributed by atoms with Gasteiger partial charge in [0.1, 0.15) is 59.4 Å². The number of anilines is 1. The summed E-state index contributed by atoms with van der Waals surface area (Å²) in [5, 5.41) is 114. The Morgan fingerprint density at radius 2 is 0.822 bits per heavy atom. The molecule has 13 N–H and O–H groups in total. The number of fused-ring (bicyclic) bond motifs is 4. The molecule has 0 aliphatic carbocycles. The number of hydrogen-bond acceptors (Lipinski definition) is 36. The lowest BCUT2D eigenvalue weighted by atomic mass is 10.0. The molecule has 36 nitrogen and oxygen atoms in total. The van der Waals surface area contributed by atoms with E-state index in [4.69, 9.17) is 26.8 Å². The highest BCUT2D eigenvalue weighted by atomic mass is 32.2. The first-order valence-corrected chi connectivity index (χ1v) is 32.0. The van der Waals surface area contributed by atoms with Gasteiger partial charge in [-0.25, -0.2) is 21.0 Å². The zero-order valence-electron chi connectivity index (χ0n) is 43.3. The number of phenolic OH excluding ortho intramolecular Hbond substituents is 3. The first kappa shape index (κ1) is 66.6. The average molecular weight is 1400 g/mol. The molecule has 9 aromatic carbocycles. The summed E-state index contributed by atoms with van der Waals surface area (Å²) in [6.45, 7) is 0. The molecule has 44 heteroatoms. The number of phenols is 3. The van der Waals surface area contributed by atoms with E-state index in [-0.39, 0.29) is 56.0 Å². The topological polar surface area (TPSA) is 558 Å². The highest BCUT2D eigenvalue weighted by Crippen LogP contribution is 2.52. The van der Waals surface area contributed by atoms with Crippen LogP contribution in [-0.4, -0.2) is 88.2 Å². The third-order valence-corrected chi connectivity index (χ3v) is 18.2. The second-order valence-electron chi connectivity index (χ2n) is 17.2. The molecule has 470 valence electrons. The summed E-state index contributed by atoms with van der Waals surface area (Å²) in [6, 6.07) is 21.6. The largest absolute Gasteiger partial charge is 0.505 e. The van der Waals surface area contributed by atoms with Gasteiger partial charge in [-0.2, -0.15) is 33.7 Å². The van der Waals surface area contributed by atoms with E-state index in [2.05, 4.69) is 78.4 Å². The number of rotatable bonds is 24. The quantitative estimate of drug-likeness (QED) is 0.00667. The van der Waals surface area contributed by atoms with E-state index < -0.39 is 144 Å². The van der Waals surface area contributed by atoms with Gasteiger partial charge in [0.25, 0.3) is 40.5 Å². The van der Waals surface area contributed by atoms with E-state index >= 15 is 0 Å². The predicted octanol–water partition coefficient (Wildman–Crippen LogP) is 13.4. The Kier molecular flexibility index (Phi) is 20.2. The fourth-order valence-corrected chi connectivity index (χ4v) is 13.1. The van der Waals surface area contributed by atoms with Crippen LogP contribution in [0.5, 0.6) is 17.2 Å². The van der Waals surface area contributed by atoms with Gasteiger partial charge in [-0.1, -0.05) is 56.6 Å². The summed E-state index contributed by atoms with van der Waals surface area (Å²) >= 11 is 1.39. The molecule has 0 saturated heterocycles. The van der Waals surface area contributed by atoms with Gasteiger partial charge in [-0.05, 0) is 89.0 Å². The molecule has 0 heterocycles. The smallest absolute Gasteiger partial charge is 0.297 e. The van der Waals surface area contributed by atoms with Crippen molar-refractivity contribution >= 4 is 183 Å². The molecule has 0 spiro atoms. The highest BCUT2D eigenvalue weighted by Gasteiger charge is 2.31. The number of nitrogens with zero attached hydrogens (tertiary/aromatic N) is 8. The Morgan fingerprint density at radius 3 is 1.44 bits per heavy atom. The van der Waals surface area contributed by atoms with Gasteiger partial charge < -0.3 is 21.1 Å². The van der Waals surface area contributed by atoms with Crippen LogP contribution in [-0.2, 0) is 78.0 Å². The van der Waals surface area contributed by atoms with Crippen LogP contribution in [0.4, 0.5) is 51.2 Å². The fraction of sp³-hybridized carbons (Fsp3) is 0. The van der Waals surface area contributed by atoms with Crippen LogP contribution in [0.3, 0.4) is 0 Å². The van der Waals surface area contributed by atoms with E-state index in [1.807, 2.05) is 0 Å². The number of aromatic hydroxyl groups is 3. The maximum atomic E-state index is 13.2. The summed E-state index contributed by atoms with van der Waals surface area (Å²) in [5.41, 5.74) is 0.736. The van der Waals surface area contributed by atoms with E-state index in [1.165, 1.54) is 36.4 Å². The highest BCUT2D eigenvalue weighted by molar-refractivity contribution is 7.95. The van der Waals surface area contributed by atoms with Crippen molar-refractivity contribution in [2.24, 2.45) is 40.9 Å². The van der Waals surface area contributed by atoms with Crippen LogP contribution in [0.25, 0.3) is 43.1 Å². The molecule has 0 atom stereocenters. The van der Waals surface area contributed by atoms with Crippen molar-refractivity contribution in [3.63, 3.8) is 0 Å². The van der Waals surface area contributed by atoms with Crippen molar-refractivity contribution in [1.29, 1.82) is 0 Å². The minimum absolute atomic E-state index is 0.0716. The molecule has 0 fully saturated rings. The van der Waals surface area contributed by atoms with Crippen molar-refractivity contribution in [1.82, 2.24) is 0 Å². The normalized spacial score (nSPS) is 12.9. The van der Waals surface area contributed by atoms with Crippen molar-refractivity contribution in [2.75, 3.05) is 5.73 Å². The molecule has 0 radical (unpaired) electrons. The van der Waals surface area contributed by atoms with Crippen molar-refractivity contribution in [3.8, 4) is 17.2 Å². The molecular weight excluding hydrogens is 1370 g/mol. The van der Waals surface area contributed by atoms with Crippen LogP contribution in [0.1, 0.15) is 0 Å². The van der Waals surface area contributed by atoms with Gasteiger partial charge in [0.2, 0.25) is 0 Å². The second-order valence-corrected chi connectivity index (χ2v) is 25.7. The molecule has 0 amide bonds. The van der Waals surface area contributed by atoms with E-state index in [0.717, 1.165) is 36.4 Å². The number of hydrogen-bond donors (Lipinski definition) is 12. The minimum atomic E-state index is -5.69. The van der Waals surface area contributed by atoms with Crippen LogP contribution in [0.2, 0.25) is 0 Å². The van der Waals surface area contributed by atoms with E-state index in [1.54, 1.807) is 24.3 Å². The summed E-state index contributed by atoms with van der Waals surface area (Å²) in [5.74, 6) is -3.28. The van der Waals surface area contributed by atoms with Crippen LogP contribution < -0.4 is 5.73 Å². The van der Waals surface area contributed by atoms with Gasteiger partial charge in [0.05, 0.1) is 79.6 Å². The molecular formula is C46H31N9O27S8. The molecule has 90 heavy (non-hydrogen) atoms. The third kappa shape index (κ3) is 14.2. The molecule has 0 aromatic heterocycles. The molecule has 9 rings (SSSR count). The third-order valence-electron chi connectivity index (χ3n) is 12.1. The van der Waals surface area contributed by atoms with Crippen molar-refractivity contribution in [2.45, 2.75) is 39.2 Å². The lowest BCUT2D eigenvalue weighted by molar-refractivity contribution is -0.432. The van der Waals surface area contributed by atoms with Crippen LogP contribution in [0, 0.1) is 0 Å². The molecule has 0 saturated carbocycles. The molecule has 0 aliphatic heterocycles. The maximum absolute atomic E-state index is 13.2. The summed E-state index contributed by atoms with van der Waals surface area (Å²) < 4.78 is 164. The Labute approximate surface area is 517 Å². The number of azo groups is 4. The first-order chi connectivity index (χ1) is 42.7. The zero-order valence-corrected chi connectivity index (χ0v) is 49.8. The lowest BCUT2D eigenvalue weighted by Crippen LogP contribution is -2.03. The SMILES string of the molecule is Nc1c(N=Nc2cc3c(O)c(N=Nc4ccc(SOOO)c5ccccc45)c(SOOO)cc3cc2S(=O)(=O)O)c(SOOO)cc2cc(S(=O)(=O)O)c(N=Nc3ccc4c(O)c(N=Nc5ccccc5SOOO)c(S(=O)(=O)O)cc4c3S(=O)(=O)O)c(O)c12. The van der Waals surface area contributed by atoms with E-state index in [0.29, 0.717) is 51.9 Å². The Morgan fingerprint density at radius 1 is 0.356 bits per heavy atom. The molecule has 9 aromatic rings. The number of nitrogen functional groups attached to an aromatic ring is 1. The van der Waals surface area contributed by atoms with Crippen LogP contribution >= 0.6 is 48.2 Å². The lowest BCUT2D eigenvalue weighted by Gasteiger charge is -2.15.